The number of aliphatic hydroxyl groups excluding tert-OH is 2. The molecule has 0 aliphatic heterocycles. The molecule has 1 aliphatic carbocycles. The molecule has 128 valence electrons. The molecule has 1 aliphatic rings. The molecular weight excluding hydrogens is 296 g/mol. The molecule has 1 aromatic carbocycles. The third kappa shape index (κ3) is 5.52. The summed E-state index contributed by atoms with van der Waals surface area (Å²) in [5.41, 5.74) is 1.15. The maximum atomic E-state index is 10.9. The minimum Gasteiger partial charge on any atom is -0.491 e. The maximum absolute atomic E-state index is 10.9. The van der Waals surface area contributed by atoms with Crippen LogP contribution < -0.4 is 4.74 Å². The summed E-state index contributed by atoms with van der Waals surface area (Å²) < 4.78 is 5.56. The number of carboxylic acids is 1. The van der Waals surface area contributed by atoms with E-state index in [0.29, 0.717) is 19.3 Å². The largest absolute Gasteiger partial charge is 0.491 e. The van der Waals surface area contributed by atoms with Gasteiger partial charge in [0.1, 0.15) is 12.4 Å². The number of rotatable bonds is 8. The zero-order valence-electron chi connectivity index (χ0n) is 13.5. The van der Waals surface area contributed by atoms with E-state index >= 15 is 0 Å². The monoisotopic (exact) mass is 322 g/mol. The smallest absolute Gasteiger partial charge is 0.303 e. The Labute approximate surface area is 136 Å². The van der Waals surface area contributed by atoms with Crippen LogP contribution in [0.2, 0.25) is 0 Å². The van der Waals surface area contributed by atoms with Gasteiger partial charge in [-0.05, 0) is 56.6 Å². The second-order valence-corrected chi connectivity index (χ2v) is 6.52. The van der Waals surface area contributed by atoms with Crippen molar-refractivity contribution in [3.8, 4) is 5.75 Å². The zero-order valence-corrected chi connectivity index (χ0v) is 13.5. The lowest BCUT2D eigenvalue weighted by Crippen LogP contribution is -2.24. The van der Waals surface area contributed by atoms with Crippen molar-refractivity contribution in [3.63, 3.8) is 0 Å². The van der Waals surface area contributed by atoms with E-state index in [1.165, 1.54) is 0 Å². The fourth-order valence-corrected chi connectivity index (χ4v) is 3.31. The average Bonchev–Trinajstić information content (AvgIpc) is 2.85. The number of aliphatic hydroxyl groups is 2. The fourth-order valence-electron chi connectivity index (χ4n) is 3.31. The molecule has 0 bridgehead atoms. The maximum Gasteiger partial charge on any atom is 0.303 e. The molecule has 0 aromatic heterocycles. The van der Waals surface area contributed by atoms with Crippen LogP contribution in [0.3, 0.4) is 0 Å². The summed E-state index contributed by atoms with van der Waals surface area (Å²) in [4.78, 5) is 10.9. The predicted molar refractivity (Wildman–Crippen MR) is 86.4 cm³/mol. The van der Waals surface area contributed by atoms with E-state index < -0.39 is 18.2 Å². The number of carboxylic acid groups (broad SMARTS) is 1. The number of hydrogen-bond acceptors (Lipinski definition) is 4. The molecular formula is C18H26O5. The van der Waals surface area contributed by atoms with Crippen LogP contribution in [0.4, 0.5) is 0 Å². The van der Waals surface area contributed by atoms with Gasteiger partial charge < -0.3 is 20.1 Å². The zero-order chi connectivity index (χ0) is 16.8. The van der Waals surface area contributed by atoms with Gasteiger partial charge >= 0.3 is 5.97 Å². The molecule has 1 saturated carbocycles. The van der Waals surface area contributed by atoms with Gasteiger partial charge in [-0.1, -0.05) is 17.7 Å². The van der Waals surface area contributed by atoms with Crippen LogP contribution in [0.5, 0.6) is 5.75 Å². The quantitative estimate of drug-likeness (QED) is 0.684. The van der Waals surface area contributed by atoms with E-state index in [-0.39, 0.29) is 24.9 Å². The van der Waals surface area contributed by atoms with Gasteiger partial charge in [0.25, 0.3) is 0 Å². The highest BCUT2D eigenvalue weighted by atomic mass is 16.5. The van der Waals surface area contributed by atoms with Gasteiger partial charge in [-0.15, -0.1) is 0 Å². The van der Waals surface area contributed by atoms with Gasteiger partial charge in [0.2, 0.25) is 0 Å². The molecule has 0 spiro atoms. The Balaban J connectivity index is 1.74. The SMILES string of the molecule is Cc1ccc(OCC(O)CCC2CCC(O)C2CC(=O)O)cc1. The summed E-state index contributed by atoms with van der Waals surface area (Å²) >= 11 is 0. The van der Waals surface area contributed by atoms with Crippen molar-refractivity contribution in [2.75, 3.05) is 6.61 Å². The number of ether oxygens (including phenoxy) is 1. The van der Waals surface area contributed by atoms with E-state index in [4.69, 9.17) is 9.84 Å². The van der Waals surface area contributed by atoms with Crippen LogP contribution in [0.1, 0.15) is 37.7 Å². The lowest BCUT2D eigenvalue weighted by molar-refractivity contribution is -0.139. The highest BCUT2D eigenvalue weighted by molar-refractivity contribution is 5.67. The first kappa shape index (κ1) is 17.8. The van der Waals surface area contributed by atoms with E-state index in [0.717, 1.165) is 17.7 Å². The van der Waals surface area contributed by atoms with Crippen LogP contribution in [-0.2, 0) is 4.79 Å². The van der Waals surface area contributed by atoms with E-state index in [2.05, 4.69) is 0 Å². The van der Waals surface area contributed by atoms with Crippen molar-refractivity contribution >= 4 is 5.97 Å². The van der Waals surface area contributed by atoms with E-state index in [1.807, 2.05) is 31.2 Å². The van der Waals surface area contributed by atoms with Crippen LogP contribution >= 0.6 is 0 Å². The second-order valence-electron chi connectivity index (χ2n) is 6.52. The number of carbonyl (C=O) groups is 1. The molecule has 4 atom stereocenters. The summed E-state index contributed by atoms with van der Waals surface area (Å²) in [6.07, 6.45) is 1.63. The molecule has 2 rings (SSSR count). The van der Waals surface area contributed by atoms with Crippen LogP contribution in [0.25, 0.3) is 0 Å². The Morgan fingerprint density at radius 3 is 2.65 bits per heavy atom. The number of aliphatic carboxylic acids is 1. The summed E-state index contributed by atoms with van der Waals surface area (Å²) in [7, 11) is 0. The van der Waals surface area contributed by atoms with E-state index in [9.17, 15) is 15.0 Å². The molecule has 3 N–H and O–H groups in total. The molecule has 1 fully saturated rings. The third-order valence-electron chi connectivity index (χ3n) is 4.68. The Kier molecular flexibility index (Phi) is 6.42. The first-order chi connectivity index (χ1) is 11.0. The van der Waals surface area contributed by atoms with Crippen LogP contribution in [0.15, 0.2) is 24.3 Å². The molecule has 5 nitrogen and oxygen atoms in total. The molecule has 4 unspecified atom stereocenters. The molecule has 0 saturated heterocycles. The Morgan fingerprint density at radius 2 is 2.00 bits per heavy atom. The fraction of sp³-hybridized carbons (Fsp3) is 0.611. The Morgan fingerprint density at radius 1 is 1.30 bits per heavy atom. The molecule has 0 radical (unpaired) electrons. The summed E-state index contributed by atoms with van der Waals surface area (Å²) in [5, 5.41) is 28.9. The van der Waals surface area contributed by atoms with Crippen molar-refractivity contribution in [3.05, 3.63) is 29.8 Å². The third-order valence-corrected chi connectivity index (χ3v) is 4.68. The number of hydrogen-bond donors (Lipinski definition) is 3. The van der Waals surface area contributed by atoms with Crippen molar-refractivity contribution in [1.82, 2.24) is 0 Å². The van der Waals surface area contributed by atoms with Gasteiger partial charge in [0.15, 0.2) is 0 Å². The summed E-state index contributed by atoms with van der Waals surface area (Å²) in [6.45, 7) is 2.23. The second kappa shape index (κ2) is 8.31. The lowest BCUT2D eigenvalue weighted by Gasteiger charge is -2.21. The highest BCUT2D eigenvalue weighted by Gasteiger charge is 2.36. The molecule has 5 heteroatoms. The van der Waals surface area contributed by atoms with Crippen molar-refractivity contribution < 1.29 is 24.9 Å². The Bertz CT molecular complexity index is 499. The average molecular weight is 322 g/mol. The Hall–Kier alpha value is -1.59. The minimum absolute atomic E-state index is 0.00178. The van der Waals surface area contributed by atoms with Crippen LogP contribution in [0, 0.1) is 18.8 Å². The number of benzene rings is 1. The lowest BCUT2D eigenvalue weighted by atomic mass is 9.87. The van der Waals surface area contributed by atoms with Crippen LogP contribution in [-0.4, -0.2) is 40.1 Å². The first-order valence-corrected chi connectivity index (χ1v) is 8.23. The summed E-state index contributed by atoms with van der Waals surface area (Å²) in [6, 6.07) is 7.66. The van der Waals surface area contributed by atoms with Gasteiger partial charge in [0, 0.05) is 0 Å². The summed E-state index contributed by atoms with van der Waals surface area (Å²) in [5.74, 6) is -0.174. The van der Waals surface area contributed by atoms with Gasteiger partial charge in [-0.25, -0.2) is 0 Å². The topological polar surface area (TPSA) is 87.0 Å². The molecule has 23 heavy (non-hydrogen) atoms. The van der Waals surface area contributed by atoms with Gasteiger partial charge in [-0.2, -0.15) is 0 Å². The molecule has 0 heterocycles. The first-order valence-electron chi connectivity index (χ1n) is 8.23. The van der Waals surface area contributed by atoms with Gasteiger partial charge in [0.05, 0.1) is 18.6 Å². The number of aryl methyl sites for hydroxylation is 1. The molecule has 0 amide bonds. The molecule has 1 aromatic rings. The van der Waals surface area contributed by atoms with Gasteiger partial charge in [-0.3, -0.25) is 4.79 Å². The van der Waals surface area contributed by atoms with E-state index in [1.54, 1.807) is 0 Å². The van der Waals surface area contributed by atoms with Crippen molar-refractivity contribution in [2.45, 2.75) is 51.2 Å². The van der Waals surface area contributed by atoms with Crippen molar-refractivity contribution in [2.24, 2.45) is 11.8 Å². The van der Waals surface area contributed by atoms with Crippen molar-refractivity contribution in [1.29, 1.82) is 0 Å². The normalized spacial score (nSPS) is 25.3. The predicted octanol–water partition coefficient (Wildman–Crippen LogP) is 2.38. The minimum atomic E-state index is -0.871. The highest BCUT2D eigenvalue weighted by Crippen LogP contribution is 2.37. The standard InChI is InChI=1S/C18H26O5/c1-12-2-7-15(8-3-12)23-11-14(19)6-4-13-5-9-17(20)16(13)10-18(21)22/h2-3,7-8,13-14,16-17,19-20H,4-6,9-11H2,1H3,(H,21,22).